The van der Waals surface area contributed by atoms with Crippen LogP contribution in [0, 0.1) is 5.92 Å². The summed E-state index contributed by atoms with van der Waals surface area (Å²) in [5.41, 5.74) is 1.24. The maximum atomic E-state index is 10.4. The molecule has 0 radical (unpaired) electrons. The van der Waals surface area contributed by atoms with Crippen molar-refractivity contribution < 1.29 is 9.90 Å². The van der Waals surface area contributed by atoms with Crippen LogP contribution in [0.15, 0.2) is 24.3 Å². The van der Waals surface area contributed by atoms with E-state index in [2.05, 4.69) is 12.7 Å². The van der Waals surface area contributed by atoms with Crippen LogP contribution in [-0.4, -0.2) is 5.97 Å². The van der Waals surface area contributed by atoms with Crippen molar-refractivity contribution in [3.63, 3.8) is 0 Å². The molecule has 0 spiro atoms. The highest BCUT2D eigenvalue weighted by atomic mass is 16.4. The number of hydrogen-bond acceptors (Lipinski definition) is 2. The van der Waals surface area contributed by atoms with Gasteiger partial charge in [-0.15, -0.1) is 6.58 Å². The molecule has 2 nitrogen and oxygen atoms in total. The summed E-state index contributed by atoms with van der Waals surface area (Å²) < 4.78 is 0. The third-order valence-electron chi connectivity index (χ3n) is 1.96. The third-order valence-corrected chi connectivity index (χ3v) is 1.96. The van der Waals surface area contributed by atoms with Gasteiger partial charge in [-0.2, -0.15) is 0 Å². The molecule has 1 atom stereocenters. The summed E-state index contributed by atoms with van der Waals surface area (Å²) in [5, 5.41) is 10.4. The maximum Gasteiger partial charge on any atom is 0.0442 e. The second kappa shape index (κ2) is 6.46. The van der Waals surface area contributed by atoms with Crippen molar-refractivity contribution in [3.05, 3.63) is 24.3 Å². The molecule has 0 heterocycles. The summed E-state index contributed by atoms with van der Waals surface area (Å²) in [5.74, 6) is -1.32. The van der Waals surface area contributed by atoms with Crippen molar-refractivity contribution in [3.8, 4) is 0 Å². The first kappa shape index (κ1) is 11.9. The topological polar surface area (TPSA) is 40.1 Å². The fourth-order valence-corrected chi connectivity index (χ4v) is 1.01. The van der Waals surface area contributed by atoms with E-state index in [0.29, 0.717) is 6.42 Å². The third kappa shape index (κ3) is 6.14. The summed E-state index contributed by atoms with van der Waals surface area (Å²) in [6.45, 7) is 7.32. The average Bonchev–Trinajstić information content (AvgIpc) is 2.04. The summed E-state index contributed by atoms with van der Waals surface area (Å²) in [7, 11) is 0. The first-order valence-electron chi connectivity index (χ1n) is 4.55. The number of hydrogen-bond donors (Lipinski definition) is 0. The lowest BCUT2D eigenvalue weighted by atomic mass is 10.0. The number of carbonyl (C=O) groups is 1. The van der Waals surface area contributed by atoms with Gasteiger partial charge >= 0.3 is 0 Å². The van der Waals surface area contributed by atoms with Gasteiger partial charge in [0, 0.05) is 5.97 Å². The molecule has 0 amide bonds. The van der Waals surface area contributed by atoms with E-state index < -0.39 is 5.97 Å². The molecule has 0 aromatic rings. The predicted molar refractivity (Wildman–Crippen MR) is 52.0 cm³/mol. The SMILES string of the molecule is C=CC/C(C)=C/CCC(C)C(=O)[O-]. The van der Waals surface area contributed by atoms with Crippen molar-refractivity contribution in [2.24, 2.45) is 5.92 Å². The van der Waals surface area contributed by atoms with Crippen molar-refractivity contribution in [2.75, 3.05) is 0 Å². The molecule has 0 aliphatic heterocycles. The highest BCUT2D eigenvalue weighted by molar-refractivity contribution is 5.66. The molecule has 0 bridgehead atoms. The highest BCUT2D eigenvalue weighted by Gasteiger charge is 2.00. The van der Waals surface area contributed by atoms with Gasteiger partial charge in [0.15, 0.2) is 0 Å². The van der Waals surface area contributed by atoms with Gasteiger partial charge in [-0.3, -0.25) is 0 Å². The van der Waals surface area contributed by atoms with Crippen molar-refractivity contribution in [1.29, 1.82) is 0 Å². The number of rotatable bonds is 6. The van der Waals surface area contributed by atoms with E-state index in [4.69, 9.17) is 0 Å². The van der Waals surface area contributed by atoms with E-state index in [1.54, 1.807) is 6.92 Å². The maximum absolute atomic E-state index is 10.4. The van der Waals surface area contributed by atoms with Crippen LogP contribution in [-0.2, 0) is 4.79 Å². The smallest absolute Gasteiger partial charge is 0.0442 e. The van der Waals surface area contributed by atoms with Crippen LogP contribution in [0.5, 0.6) is 0 Å². The van der Waals surface area contributed by atoms with Gasteiger partial charge in [0.1, 0.15) is 0 Å². The predicted octanol–water partition coefficient (Wildman–Crippen LogP) is 1.67. The zero-order chi connectivity index (χ0) is 10.3. The number of carbonyl (C=O) groups excluding carboxylic acids is 1. The lowest BCUT2D eigenvalue weighted by Crippen LogP contribution is -2.29. The van der Waals surface area contributed by atoms with Crippen LogP contribution >= 0.6 is 0 Å². The standard InChI is InChI=1S/C11H18O2/c1-4-6-9(2)7-5-8-10(3)11(12)13/h4,7,10H,1,5-6,8H2,2-3H3,(H,12,13)/p-1/b9-7+. The molecule has 0 saturated carbocycles. The average molecular weight is 181 g/mol. The first-order valence-corrected chi connectivity index (χ1v) is 4.55. The van der Waals surface area contributed by atoms with E-state index in [-0.39, 0.29) is 5.92 Å². The van der Waals surface area contributed by atoms with Gasteiger partial charge < -0.3 is 9.90 Å². The zero-order valence-electron chi connectivity index (χ0n) is 8.38. The largest absolute Gasteiger partial charge is 0.550 e. The van der Waals surface area contributed by atoms with Crippen LogP contribution in [0.4, 0.5) is 0 Å². The molecule has 0 aromatic carbocycles. The molecule has 74 valence electrons. The molecular formula is C11H17O2-. The number of aliphatic carboxylic acids is 1. The fraction of sp³-hybridized carbons (Fsp3) is 0.545. The summed E-state index contributed by atoms with van der Waals surface area (Å²) in [4.78, 5) is 10.4. The van der Waals surface area contributed by atoms with Gasteiger partial charge in [-0.1, -0.05) is 24.6 Å². The van der Waals surface area contributed by atoms with E-state index in [9.17, 15) is 9.90 Å². The van der Waals surface area contributed by atoms with Crippen LogP contribution < -0.4 is 5.11 Å². The molecule has 0 rings (SSSR count). The molecule has 1 unspecified atom stereocenters. The van der Waals surface area contributed by atoms with Crippen LogP contribution in [0.25, 0.3) is 0 Å². The van der Waals surface area contributed by atoms with E-state index in [1.807, 2.05) is 13.0 Å². The Morgan fingerprint density at radius 1 is 1.62 bits per heavy atom. The van der Waals surface area contributed by atoms with Crippen LogP contribution in [0.3, 0.4) is 0 Å². The molecule has 0 saturated heterocycles. The van der Waals surface area contributed by atoms with Crippen LogP contribution in [0.2, 0.25) is 0 Å². The van der Waals surface area contributed by atoms with Gasteiger partial charge in [0.2, 0.25) is 0 Å². The fourth-order valence-electron chi connectivity index (χ4n) is 1.01. The number of carboxylic acids is 1. The summed E-state index contributed by atoms with van der Waals surface area (Å²) in [6, 6.07) is 0. The van der Waals surface area contributed by atoms with Gasteiger partial charge in [0.05, 0.1) is 0 Å². The highest BCUT2D eigenvalue weighted by Crippen LogP contribution is 2.08. The Balaban J connectivity index is 3.71. The Morgan fingerprint density at radius 3 is 2.69 bits per heavy atom. The Hall–Kier alpha value is -1.05. The van der Waals surface area contributed by atoms with E-state index >= 15 is 0 Å². The molecule has 2 heteroatoms. The van der Waals surface area contributed by atoms with E-state index in [1.165, 1.54) is 5.57 Å². The molecule has 0 aliphatic rings. The Morgan fingerprint density at radius 2 is 2.23 bits per heavy atom. The lowest BCUT2D eigenvalue weighted by Gasteiger charge is -2.10. The van der Waals surface area contributed by atoms with Crippen LogP contribution in [0.1, 0.15) is 33.1 Å². The Kier molecular flexibility index (Phi) is 5.94. The lowest BCUT2D eigenvalue weighted by molar-refractivity contribution is -0.311. The first-order chi connectivity index (χ1) is 6.07. The normalized spacial score (nSPS) is 13.8. The minimum absolute atomic E-state index is 0.354. The molecule has 0 aliphatic carbocycles. The van der Waals surface area contributed by atoms with Crippen molar-refractivity contribution in [1.82, 2.24) is 0 Å². The Labute approximate surface area is 80.0 Å². The van der Waals surface area contributed by atoms with Gasteiger partial charge in [-0.05, 0) is 32.1 Å². The second-order valence-electron chi connectivity index (χ2n) is 3.34. The Bertz CT molecular complexity index is 204. The van der Waals surface area contributed by atoms with Gasteiger partial charge in [-0.25, -0.2) is 0 Å². The summed E-state index contributed by atoms with van der Waals surface area (Å²) >= 11 is 0. The second-order valence-corrected chi connectivity index (χ2v) is 3.34. The van der Waals surface area contributed by atoms with Gasteiger partial charge in [0.25, 0.3) is 0 Å². The van der Waals surface area contributed by atoms with Crippen molar-refractivity contribution in [2.45, 2.75) is 33.1 Å². The molecule has 13 heavy (non-hydrogen) atoms. The minimum atomic E-state index is -0.963. The minimum Gasteiger partial charge on any atom is -0.550 e. The number of allylic oxidation sites excluding steroid dienone is 3. The van der Waals surface area contributed by atoms with Crippen molar-refractivity contribution >= 4 is 5.97 Å². The zero-order valence-corrected chi connectivity index (χ0v) is 8.38. The quantitative estimate of drug-likeness (QED) is 0.585. The summed E-state index contributed by atoms with van der Waals surface area (Å²) in [6.07, 6.45) is 6.22. The monoisotopic (exact) mass is 181 g/mol. The molecule has 0 N–H and O–H groups in total. The molecule has 0 aromatic heterocycles. The van der Waals surface area contributed by atoms with E-state index in [0.717, 1.165) is 12.8 Å². The number of carboxylic acid groups (broad SMARTS) is 1. The molecule has 0 fully saturated rings. The molecular weight excluding hydrogens is 164 g/mol.